The molecule has 0 aromatic heterocycles. The van der Waals surface area contributed by atoms with E-state index in [1.165, 1.54) is 24.3 Å². The van der Waals surface area contributed by atoms with Crippen LogP contribution in [0.2, 0.25) is 0 Å². The second-order valence-corrected chi connectivity index (χ2v) is 18.8. The molecular formula is C43H52N4O10S2. The molecule has 4 atom stereocenters. The molecule has 2 amide bonds. The molecular weight excluding hydrogens is 797 g/mol. The van der Waals surface area contributed by atoms with Crippen molar-refractivity contribution in [1.29, 1.82) is 0 Å². The van der Waals surface area contributed by atoms with Gasteiger partial charge in [-0.15, -0.1) is 0 Å². The molecule has 59 heavy (non-hydrogen) atoms. The minimum Gasteiger partial charge on any atom is -0.386 e. The normalized spacial score (nSPS) is 18.7. The fourth-order valence-electron chi connectivity index (χ4n) is 7.54. The number of amides is 2. The molecule has 2 aliphatic heterocycles. The van der Waals surface area contributed by atoms with Gasteiger partial charge in [0.1, 0.15) is 32.1 Å². The molecule has 16 heteroatoms. The zero-order valence-electron chi connectivity index (χ0n) is 33.2. The Kier molecular flexibility index (Phi) is 14.4. The summed E-state index contributed by atoms with van der Waals surface area (Å²) in [7, 11) is -8.11. The van der Waals surface area contributed by atoms with Crippen molar-refractivity contribution in [3.8, 4) is 0 Å². The maximum atomic E-state index is 13.2. The molecule has 316 valence electrons. The van der Waals surface area contributed by atoms with Gasteiger partial charge < -0.3 is 29.5 Å². The van der Waals surface area contributed by atoms with Crippen LogP contribution in [-0.4, -0.2) is 119 Å². The van der Waals surface area contributed by atoms with Gasteiger partial charge in [-0.25, -0.2) is 16.8 Å². The smallest absolute Gasteiger partial charge is 0.248 e. The summed E-state index contributed by atoms with van der Waals surface area (Å²) in [6, 6.07) is 30.6. The van der Waals surface area contributed by atoms with Crippen LogP contribution in [0.4, 0.5) is 11.4 Å². The number of rotatable bonds is 18. The third-order valence-corrected chi connectivity index (χ3v) is 13.0. The molecule has 6 rings (SSSR count). The number of nitrogens with zero attached hydrogens (tertiary/aromatic N) is 4. The highest BCUT2D eigenvalue weighted by Gasteiger charge is 2.36. The molecule has 0 saturated carbocycles. The number of ether oxygens (including phenoxy) is 2. The molecule has 0 aliphatic carbocycles. The van der Waals surface area contributed by atoms with Crippen molar-refractivity contribution in [1.82, 2.24) is 9.80 Å². The Morgan fingerprint density at radius 2 is 0.949 bits per heavy atom. The lowest BCUT2D eigenvalue weighted by molar-refractivity contribution is -0.154. The summed E-state index contributed by atoms with van der Waals surface area (Å²) in [6.45, 7) is 0.304. The number of hydrogen-bond acceptors (Lipinski definition) is 10. The molecule has 2 aliphatic rings. The second kappa shape index (κ2) is 19.5. The van der Waals surface area contributed by atoms with Gasteiger partial charge in [-0.2, -0.15) is 0 Å². The summed E-state index contributed by atoms with van der Waals surface area (Å²) in [5, 5.41) is 22.9. The predicted molar refractivity (Wildman–Crippen MR) is 224 cm³/mol. The second-order valence-electron chi connectivity index (χ2n) is 15.0. The number of aliphatic hydroxyl groups is 2. The van der Waals surface area contributed by atoms with Gasteiger partial charge in [0.25, 0.3) is 0 Å². The monoisotopic (exact) mass is 848 g/mol. The number of carbonyl (C=O) groups is 2. The SMILES string of the molecule is CS(=O)(=O)N(CN(c1ccc([C@@H](O)[C@H]2COCC(=O)N2CCCc2ccccc2)cc1)S(C)(=O)=O)c1ccc([C@@H](O)[C@H]2COCC(=O)N2CCCc2ccccc2)cc1. The molecule has 2 fully saturated rings. The van der Waals surface area contributed by atoms with Crippen molar-refractivity contribution < 1.29 is 46.1 Å². The third kappa shape index (κ3) is 11.3. The molecule has 0 radical (unpaired) electrons. The van der Waals surface area contributed by atoms with Gasteiger partial charge >= 0.3 is 0 Å². The highest BCUT2D eigenvalue weighted by Crippen LogP contribution is 2.31. The summed E-state index contributed by atoms with van der Waals surface area (Å²) in [6.07, 6.45) is 2.54. The Morgan fingerprint density at radius 3 is 1.29 bits per heavy atom. The Morgan fingerprint density at radius 1 is 0.593 bits per heavy atom. The van der Waals surface area contributed by atoms with Gasteiger partial charge in [-0.3, -0.25) is 18.2 Å². The third-order valence-electron chi connectivity index (χ3n) is 10.7. The van der Waals surface area contributed by atoms with Crippen molar-refractivity contribution in [3.63, 3.8) is 0 Å². The minimum atomic E-state index is -4.06. The van der Waals surface area contributed by atoms with Crippen molar-refractivity contribution in [3.05, 3.63) is 131 Å². The van der Waals surface area contributed by atoms with E-state index < -0.39 is 51.0 Å². The van der Waals surface area contributed by atoms with Crippen LogP contribution in [-0.2, 0) is 52.0 Å². The van der Waals surface area contributed by atoms with Gasteiger partial charge in [0, 0.05) is 13.1 Å². The number of anilines is 2. The van der Waals surface area contributed by atoms with E-state index in [-0.39, 0.29) is 49.6 Å². The van der Waals surface area contributed by atoms with Gasteiger partial charge in [0.15, 0.2) is 0 Å². The zero-order valence-corrected chi connectivity index (χ0v) is 34.9. The van der Waals surface area contributed by atoms with Crippen LogP contribution in [0.15, 0.2) is 109 Å². The number of aryl methyl sites for hydroxylation is 2. The van der Waals surface area contributed by atoms with E-state index >= 15 is 0 Å². The molecule has 0 bridgehead atoms. The van der Waals surface area contributed by atoms with Crippen LogP contribution >= 0.6 is 0 Å². The lowest BCUT2D eigenvalue weighted by Gasteiger charge is -2.38. The van der Waals surface area contributed by atoms with E-state index in [1.54, 1.807) is 34.1 Å². The summed E-state index contributed by atoms with van der Waals surface area (Å²) >= 11 is 0. The first kappa shape index (κ1) is 43.7. The first-order valence-corrected chi connectivity index (χ1v) is 23.2. The fraction of sp³-hybridized carbons (Fsp3) is 0.395. The zero-order chi connectivity index (χ0) is 42.2. The molecule has 4 aromatic carbocycles. The Balaban J connectivity index is 1.15. The Labute approximate surface area is 346 Å². The van der Waals surface area contributed by atoms with E-state index in [0.29, 0.717) is 37.1 Å². The first-order valence-electron chi connectivity index (χ1n) is 19.5. The van der Waals surface area contributed by atoms with Crippen molar-refractivity contribution in [2.75, 3.05) is 67.3 Å². The molecule has 14 nitrogen and oxygen atoms in total. The maximum absolute atomic E-state index is 13.2. The minimum absolute atomic E-state index is 0.0817. The number of morpholine rings is 2. The lowest BCUT2D eigenvalue weighted by atomic mass is 9.99. The highest BCUT2D eigenvalue weighted by molar-refractivity contribution is 7.93. The molecule has 0 unspecified atom stereocenters. The number of benzene rings is 4. The Bertz CT molecular complexity index is 2070. The number of hydrogen-bond donors (Lipinski definition) is 2. The number of aliphatic hydroxyl groups excluding tert-OH is 2. The van der Waals surface area contributed by atoms with Crippen molar-refractivity contribution in [2.45, 2.75) is 50.0 Å². The van der Waals surface area contributed by atoms with Crippen LogP contribution in [0.5, 0.6) is 0 Å². The standard InChI is InChI=1S/C43H52N4O10S2/c1-58(52,53)46(36-21-17-34(18-22-36)42(50)38-27-56-29-40(48)44(38)25-9-15-32-11-5-3-6-12-32)31-47(59(2,54)55)37-23-19-35(20-24-37)43(51)39-28-57-30-41(49)45(39)26-10-16-33-13-7-4-8-14-33/h3-8,11-14,17-24,38-39,42-43,50-51H,9-10,15-16,25-31H2,1-2H3/t38-,39-,42-,43-/m1/s1. The molecule has 2 N–H and O–H groups in total. The summed E-state index contributed by atoms with van der Waals surface area (Å²) in [4.78, 5) is 29.1. The van der Waals surface area contributed by atoms with Crippen LogP contribution in [0.1, 0.15) is 47.3 Å². The number of carbonyl (C=O) groups excluding carboxylic acids is 2. The Hall–Kier alpha value is -4.84. The van der Waals surface area contributed by atoms with E-state index in [9.17, 15) is 36.6 Å². The predicted octanol–water partition coefficient (Wildman–Crippen LogP) is 3.66. The average molecular weight is 849 g/mol. The first-order chi connectivity index (χ1) is 28.2. The van der Waals surface area contributed by atoms with Gasteiger partial charge in [0.05, 0.1) is 49.2 Å². The fourth-order valence-corrected chi connectivity index (χ4v) is 9.28. The molecule has 2 saturated heterocycles. The van der Waals surface area contributed by atoms with Crippen molar-refractivity contribution in [2.24, 2.45) is 0 Å². The van der Waals surface area contributed by atoms with Crippen LogP contribution < -0.4 is 8.61 Å². The van der Waals surface area contributed by atoms with E-state index in [2.05, 4.69) is 0 Å². The average Bonchev–Trinajstić information content (AvgIpc) is 3.22. The lowest BCUT2D eigenvalue weighted by Crippen LogP contribution is -2.52. The van der Waals surface area contributed by atoms with Gasteiger partial charge in [-0.05, 0) is 72.2 Å². The highest BCUT2D eigenvalue weighted by atomic mass is 32.2. The van der Waals surface area contributed by atoms with Crippen LogP contribution in [0.25, 0.3) is 0 Å². The number of sulfonamides is 2. The topological polar surface area (TPSA) is 174 Å². The quantitative estimate of drug-likeness (QED) is 0.141. The van der Waals surface area contributed by atoms with Gasteiger partial charge in [-0.1, -0.05) is 84.9 Å². The van der Waals surface area contributed by atoms with E-state index in [0.717, 1.165) is 45.1 Å². The van der Waals surface area contributed by atoms with E-state index in [4.69, 9.17) is 9.47 Å². The molecule has 0 spiro atoms. The van der Waals surface area contributed by atoms with Crippen LogP contribution in [0, 0.1) is 0 Å². The maximum Gasteiger partial charge on any atom is 0.248 e. The molecule has 2 heterocycles. The van der Waals surface area contributed by atoms with Crippen LogP contribution in [0.3, 0.4) is 0 Å². The summed E-state index contributed by atoms with van der Waals surface area (Å²) in [5.41, 5.74) is 3.42. The summed E-state index contributed by atoms with van der Waals surface area (Å²) in [5.74, 6) is -0.461. The molecule has 4 aromatic rings. The van der Waals surface area contributed by atoms with Crippen molar-refractivity contribution >= 4 is 43.2 Å². The largest absolute Gasteiger partial charge is 0.386 e. The van der Waals surface area contributed by atoms with E-state index in [1.807, 2.05) is 60.7 Å². The summed E-state index contributed by atoms with van der Waals surface area (Å²) < 4.78 is 65.8. The van der Waals surface area contributed by atoms with Gasteiger partial charge in [0.2, 0.25) is 31.9 Å².